The molecule has 1 aromatic carbocycles. The van der Waals surface area contributed by atoms with Gasteiger partial charge in [-0.25, -0.2) is 0 Å². The predicted molar refractivity (Wildman–Crippen MR) is 63.1 cm³/mol. The Hall–Kier alpha value is -0.820. The molecule has 0 spiro atoms. The highest BCUT2D eigenvalue weighted by Crippen LogP contribution is 2.40. The molecule has 80 valence electrons. The van der Waals surface area contributed by atoms with Gasteiger partial charge in [-0.3, -0.25) is 0 Å². The number of nitrogens with zero attached hydrogens (tertiary/aromatic N) is 1. The summed E-state index contributed by atoms with van der Waals surface area (Å²) in [5.74, 6) is 1.76. The van der Waals surface area contributed by atoms with Crippen LogP contribution in [0.15, 0.2) is 24.3 Å². The number of likely N-dealkylation sites (N-methyl/N-ethyl adjacent to an activating group) is 1. The van der Waals surface area contributed by atoms with E-state index < -0.39 is 0 Å². The second-order valence-corrected chi connectivity index (χ2v) is 4.96. The van der Waals surface area contributed by atoms with Crippen LogP contribution >= 0.6 is 0 Å². The van der Waals surface area contributed by atoms with Crippen LogP contribution in [0.1, 0.15) is 30.4 Å². The number of aryl methyl sites for hydroxylation is 1. The first kappa shape index (κ1) is 9.41. The van der Waals surface area contributed by atoms with Crippen LogP contribution in [0.25, 0.3) is 0 Å². The third-order valence-electron chi connectivity index (χ3n) is 4.20. The molecule has 1 fully saturated rings. The summed E-state index contributed by atoms with van der Waals surface area (Å²) >= 11 is 0. The largest absolute Gasteiger partial charge is 0.303 e. The fourth-order valence-electron chi connectivity index (χ4n) is 3.33. The van der Waals surface area contributed by atoms with Crippen LogP contribution in [-0.2, 0) is 6.42 Å². The van der Waals surface area contributed by atoms with Gasteiger partial charge in [0, 0.05) is 19.0 Å². The van der Waals surface area contributed by atoms with Crippen molar-refractivity contribution in [1.29, 1.82) is 0 Å². The third-order valence-corrected chi connectivity index (χ3v) is 4.20. The molecule has 0 unspecified atom stereocenters. The number of hydrogen-bond acceptors (Lipinski definition) is 1. The van der Waals surface area contributed by atoms with Crippen LogP contribution in [0.2, 0.25) is 0 Å². The SMILES string of the molecule is CCN1C[C@@H]2CCc3ccccc3[C@@H]2C1. The normalized spacial score (nSPS) is 29.9. The van der Waals surface area contributed by atoms with Crippen LogP contribution in [-0.4, -0.2) is 24.5 Å². The van der Waals surface area contributed by atoms with Crippen molar-refractivity contribution in [2.75, 3.05) is 19.6 Å². The zero-order valence-corrected chi connectivity index (χ0v) is 9.45. The molecular formula is C14H19N. The van der Waals surface area contributed by atoms with Crippen LogP contribution in [0.5, 0.6) is 0 Å². The maximum Gasteiger partial charge on any atom is 0.00535 e. The summed E-state index contributed by atoms with van der Waals surface area (Å²) in [4.78, 5) is 2.61. The number of likely N-dealkylation sites (tertiary alicyclic amines) is 1. The lowest BCUT2D eigenvalue weighted by molar-refractivity contribution is 0.338. The van der Waals surface area contributed by atoms with Gasteiger partial charge in [-0.15, -0.1) is 0 Å². The molecule has 1 aliphatic heterocycles. The highest BCUT2D eigenvalue weighted by molar-refractivity contribution is 5.34. The second-order valence-electron chi connectivity index (χ2n) is 4.96. The van der Waals surface area contributed by atoms with E-state index in [0.717, 1.165) is 11.8 Å². The first-order valence-electron chi connectivity index (χ1n) is 6.18. The van der Waals surface area contributed by atoms with Crippen LogP contribution < -0.4 is 0 Å². The van der Waals surface area contributed by atoms with Gasteiger partial charge >= 0.3 is 0 Å². The Balaban J connectivity index is 1.93. The van der Waals surface area contributed by atoms with Crippen LogP contribution in [0.4, 0.5) is 0 Å². The van der Waals surface area contributed by atoms with Gasteiger partial charge in [0.1, 0.15) is 0 Å². The second kappa shape index (κ2) is 3.64. The van der Waals surface area contributed by atoms with Gasteiger partial charge < -0.3 is 4.90 Å². The lowest BCUT2D eigenvalue weighted by Gasteiger charge is -2.27. The quantitative estimate of drug-likeness (QED) is 0.675. The van der Waals surface area contributed by atoms with Gasteiger partial charge in [-0.2, -0.15) is 0 Å². The number of rotatable bonds is 1. The molecule has 0 radical (unpaired) electrons. The van der Waals surface area contributed by atoms with Crippen LogP contribution in [0.3, 0.4) is 0 Å². The number of fused-ring (bicyclic) bond motifs is 3. The first-order chi connectivity index (χ1) is 7.38. The third kappa shape index (κ3) is 1.50. The molecule has 3 rings (SSSR count). The molecule has 0 saturated carbocycles. The van der Waals surface area contributed by atoms with E-state index in [1.165, 1.54) is 32.5 Å². The van der Waals surface area contributed by atoms with E-state index in [-0.39, 0.29) is 0 Å². The molecule has 0 bridgehead atoms. The van der Waals surface area contributed by atoms with Crippen molar-refractivity contribution in [2.24, 2.45) is 5.92 Å². The highest BCUT2D eigenvalue weighted by Gasteiger charge is 2.36. The molecule has 0 amide bonds. The molecule has 0 N–H and O–H groups in total. The van der Waals surface area contributed by atoms with E-state index in [0.29, 0.717) is 0 Å². The Morgan fingerprint density at radius 1 is 1.27 bits per heavy atom. The molecule has 2 aliphatic rings. The Bertz CT molecular complexity index is 358. The Morgan fingerprint density at radius 3 is 3.00 bits per heavy atom. The summed E-state index contributed by atoms with van der Waals surface area (Å²) in [5, 5.41) is 0. The minimum absolute atomic E-state index is 0.829. The van der Waals surface area contributed by atoms with Gasteiger partial charge in [0.15, 0.2) is 0 Å². The van der Waals surface area contributed by atoms with Crippen molar-refractivity contribution in [3.05, 3.63) is 35.4 Å². The van der Waals surface area contributed by atoms with Crippen molar-refractivity contribution in [3.8, 4) is 0 Å². The van der Waals surface area contributed by atoms with E-state index in [9.17, 15) is 0 Å². The van der Waals surface area contributed by atoms with Gasteiger partial charge in [0.05, 0.1) is 0 Å². The monoisotopic (exact) mass is 201 g/mol. The number of benzene rings is 1. The summed E-state index contributed by atoms with van der Waals surface area (Å²) in [7, 11) is 0. The molecule has 2 atom stereocenters. The Kier molecular flexibility index (Phi) is 2.28. The van der Waals surface area contributed by atoms with Crippen molar-refractivity contribution < 1.29 is 0 Å². The first-order valence-corrected chi connectivity index (χ1v) is 6.18. The fraction of sp³-hybridized carbons (Fsp3) is 0.571. The fourth-order valence-corrected chi connectivity index (χ4v) is 3.33. The average molecular weight is 201 g/mol. The maximum atomic E-state index is 2.61. The molecule has 1 saturated heterocycles. The minimum atomic E-state index is 0.829. The van der Waals surface area contributed by atoms with Crippen LogP contribution in [0, 0.1) is 5.92 Å². The summed E-state index contributed by atoms with van der Waals surface area (Å²) in [5.41, 5.74) is 3.25. The summed E-state index contributed by atoms with van der Waals surface area (Å²) in [6.07, 6.45) is 2.70. The summed E-state index contributed by atoms with van der Waals surface area (Å²) < 4.78 is 0. The van der Waals surface area contributed by atoms with Crippen molar-refractivity contribution in [3.63, 3.8) is 0 Å². The average Bonchev–Trinajstić information content (AvgIpc) is 2.72. The molecule has 15 heavy (non-hydrogen) atoms. The minimum Gasteiger partial charge on any atom is -0.303 e. The van der Waals surface area contributed by atoms with E-state index in [2.05, 4.69) is 36.1 Å². The molecule has 1 heterocycles. The summed E-state index contributed by atoms with van der Waals surface area (Å²) in [6, 6.07) is 9.06. The van der Waals surface area contributed by atoms with Gasteiger partial charge in [0.25, 0.3) is 0 Å². The van der Waals surface area contributed by atoms with Crippen molar-refractivity contribution in [1.82, 2.24) is 4.90 Å². The lowest BCUT2D eigenvalue weighted by atomic mass is 9.77. The predicted octanol–water partition coefficient (Wildman–Crippen LogP) is 2.67. The zero-order valence-electron chi connectivity index (χ0n) is 9.45. The highest BCUT2D eigenvalue weighted by atomic mass is 15.1. The van der Waals surface area contributed by atoms with E-state index in [1.54, 1.807) is 11.1 Å². The van der Waals surface area contributed by atoms with E-state index >= 15 is 0 Å². The standard InChI is InChI=1S/C14H19N/c1-2-15-9-12-8-7-11-5-3-4-6-13(11)14(12)10-15/h3-6,12,14H,2,7-10H2,1H3/t12-,14+/m0/s1. The molecule has 1 nitrogen and oxygen atoms in total. The zero-order chi connectivity index (χ0) is 10.3. The molecular weight excluding hydrogens is 182 g/mol. The Morgan fingerprint density at radius 2 is 2.13 bits per heavy atom. The topological polar surface area (TPSA) is 3.24 Å². The smallest absolute Gasteiger partial charge is 0.00535 e. The van der Waals surface area contributed by atoms with Gasteiger partial charge in [0.2, 0.25) is 0 Å². The maximum absolute atomic E-state index is 2.61. The van der Waals surface area contributed by atoms with E-state index in [4.69, 9.17) is 0 Å². The molecule has 1 aliphatic carbocycles. The lowest BCUT2D eigenvalue weighted by Crippen LogP contribution is -2.19. The summed E-state index contributed by atoms with van der Waals surface area (Å²) in [6.45, 7) is 6.12. The van der Waals surface area contributed by atoms with Crippen molar-refractivity contribution >= 4 is 0 Å². The van der Waals surface area contributed by atoms with Gasteiger partial charge in [-0.1, -0.05) is 31.2 Å². The van der Waals surface area contributed by atoms with E-state index in [1.807, 2.05) is 0 Å². The molecule has 1 heteroatoms. The van der Waals surface area contributed by atoms with Gasteiger partial charge in [-0.05, 0) is 36.4 Å². The van der Waals surface area contributed by atoms with Crippen molar-refractivity contribution in [2.45, 2.75) is 25.7 Å². The molecule has 0 aromatic heterocycles. The Labute approximate surface area is 92.1 Å². The number of hydrogen-bond donors (Lipinski definition) is 0. The molecule has 1 aromatic rings.